The number of thioether (sulfide) groups is 1. The molecular weight excluding hydrogens is 488 g/mol. The van der Waals surface area contributed by atoms with Crippen LogP contribution < -0.4 is 5.73 Å². The number of para-hydroxylation sites is 1. The summed E-state index contributed by atoms with van der Waals surface area (Å²) < 4.78 is 15.5. The van der Waals surface area contributed by atoms with E-state index in [0.29, 0.717) is 11.2 Å². The summed E-state index contributed by atoms with van der Waals surface area (Å²) in [5.74, 6) is 0.120. The zero-order valence-electron chi connectivity index (χ0n) is 17.4. The highest BCUT2D eigenvalue weighted by Crippen LogP contribution is 2.36. The maximum atomic E-state index is 10.6. The van der Waals surface area contributed by atoms with Crippen LogP contribution in [0, 0.1) is 0 Å². The van der Waals surface area contributed by atoms with Gasteiger partial charge in [-0.2, -0.15) is 9.97 Å². The maximum Gasteiger partial charge on any atom is 0.226 e. The van der Waals surface area contributed by atoms with Crippen LogP contribution in [0.15, 0.2) is 34.9 Å². The molecule has 1 aliphatic heterocycles. The molecule has 0 saturated carbocycles. The van der Waals surface area contributed by atoms with Crippen molar-refractivity contribution in [2.24, 2.45) is 0 Å². The van der Waals surface area contributed by atoms with E-state index in [0.717, 1.165) is 21.0 Å². The van der Waals surface area contributed by atoms with E-state index in [2.05, 4.69) is 19.9 Å². The highest BCUT2D eigenvalue weighted by atomic mass is 35.5. The number of ether oxygens (including phenoxy) is 2. The van der Waals surface area contributed by atoms with Crippen molar-refractivity contribution in [1.29, 1.82) is 0 Å². The molecule has 174 valence electrons. The van der Waals surface area contributed by atoms with Gasteiger partial charge in [-0.15, -0.1) is 11.3 Å². The van der Waals surface area contributed by atoms with Gasteiger partial charge in [0.2, 0.25) is 5.28 Å². The van der Waals surface area contributed by atoms with E-state index in [1.165, 1.54) is 22.7 Å². The van der Waals surface area contributed by atoms with Crippen molar-refractivity contribution in [2.75, 3.05) is 12.3 Å². The number of aliphatic hydroxyl groups excluding tert-OH is 2. The van der Waals surface area contributed by atoms with Gasteiger partial charge < -0.3 is 25.4 Å². The number of aliphatic hydroxyl groups is 2. The minimum Gasteiger partial charge on any atom is -0.387 e. The molecule has 1 aromatic carbocycles. The molecule has 0 aliphatic carbocycles. The number of anilines is 1. The summed E-state index contributed by atoms with van der Waals surface area (Å²) in [5.41, 5.74) is 7.27. The van der Waals surface area contributed by atoms with Crippen molar-refractivity contribution in [3.05, 3.63) is 35.9 Å². The third-order valence-corrected chi connectivity index (χ3v) is 7.88. The maximum absolute atomic E-state index is 10.6. The number of benzene rings is 1. The van der Waals surface area contributed by atoms with E-state index in [1.807, 2.05) is 31.2 Å². The van der Waals surface area contributed by atoms with Crippen LogP contribution in [0.4, 0.5) is 5.82 Å². The van der Waals surface area contributed by atoms with Crippen LogP contribution in [0.25, 0.3) is 21.4 Å². The van der Waals surface area contributed by atoms with E-state index >= 15 is 0 Å². The minimum atomic E-state index is -1.22. The molecule has 1 saturated heterocycles. The molecule has 13 heteroatoms. The Morgan fingerprint density at radius 1 is 1.27 bits per heavy atom. The van der Waals surface area contributed by atoms with Crippen LogP contribution in [0.3, 0.4) is 0 Å². The Kier molecular flexibility index (Phi) is 6.40. The van der Waals surface area contributed by atoms with Crippen LogP contribution in [0.2, 0.25) is 5.28 Å². The van der Waals surface area contributed by atoms with Gasteiger partial charge in [-0.1, -0.05) is 30.8 Å². The fraction of sp³-hybridized carbons (Fsp3) is 0.400. The number of halogens is 1. The smallest absolute Gasteiger partial charge is 0.226 e. The predicted octanol–water partition coefficient (Wildman–Crippen LogP) is 2.84. The van der Waals surface area contributed by atoms with E-state index in [1.54, 1.807) is 11.3 Å². The van der Waals surface area contributed by atoms with Gasteiger partial charge in [0.1, 0.15) is 29.3 Å². The molecule has 0 radical (unpaired) electrons. The average molecular weight is 509 g/mol. The van der Waals surface area contributed by atoms with Gasteiger partial charge in [-0.25, -0.2) is 9.97 Å². The van der Waals surface area contributed by atoms with Gasteiger partial charge >= 0.3 is 0 Å². The Balaban J connectivity index is 1.27. The van der Waals surface area contributed by atoms with Crippen molar-refractivity contribution in [3.63, 3.8) is 0 Å². The van der Waals surface area contributed by atoms with Crippen LogP contribution >= 0.6 is 34.7 Å². The lowest BCUT2D eigenvalue weighted by Gasteiger charge is -2.19. The van der Waals surface area contributed by atoms with Crippen molar-refractivity contribution >= 4 is 61.9 Å². The molecule has 0 amide bonds. The molecule has 3 aromatic heterocycles. The fourth-order valence-electron chi connectivity index (χ4n) is 3.64. The number of hydrogen-bond acceptors (Lipinski definition) is 11. The first-order chi connectivity index (χ1) is 15.9. The number of nitrogens with two attached hydrogens (primary N) is 1. The first-order valence-corrected chi connectivity index (χ1v) is 12.3. The molecule has 10 nitrogen and oxygen atoms in total. The molecule has 4 N–H and O–H groups in total. The van der Waals surface area contributed by atoms with Gasteiger partial charge in [0, 0.05) is 0 Å². The number of rotatable bonds is 7. The molecule has 5 atom stereocenters. The van der Waals surface area contributed by atoms with Crippen LogP contribution in [0.5, 0.6) is 0 Å². The Morgan fingerprint density at radius 2 is 2.09 bits per heavy atom. The lowest BCUT2D eigenvalue weighted by Crippen LogP contribution is -2.34. The lowest BCUT2D eigenvalue weighted by atomic mass is 10.1. The second-order valence-corrected chi connectivity index (χ2v) is 10.3. The second kappa shape index (κ2) is 9.29. The molecule has 0 unspecified atom stereocenters. The number of nitrogen functional groups attached to an aromatic ring is 1. The molecule has 0 bridgehead atoms. The van der Waals surface area contributed by atoms with Crippen molar-refractivity contribution in [2.45, 2.75) is 47.7 Å². The van der Waals surface area contributed by atoms with Crippen molar-refractivity contribution < 1.29 is 19.7 Å². The molecule has 1 aliphatic rings. The number of nitrogens with zero attached hydrogens (tertiary/aromatic N) is 5. The summed E-state index contributed by atoms with van der Waals surface area (Å²) in [5, 5.41) is 21.2. The Morgan fingerprint density at radius 3 is 2.88 bits per heavy atom. The highest BCUT2D eigenvalue weighted by molar-refractivity contribution is 8.01. The molecule has 4 aromatic rings. The van der Waals surface area contributed by atoms with Crippen LogP contribution in [0.1, 0.15) is 19.6 Å². The number of aromatic nitrogens is 5. The zero-order valence-corrected chi connectivity index (χ0v) is 19.8. The monoisotopic (exact) mass is 508 g/mol. The zero-order chi connectivity index (χ0) is 23.1. The molecular formula is C20H21ClN6O4S2. The van der Waals surface area contributed by atoms with Gasteiger partial charge in [-0.05, 0) is 30.2 Å². The third-order valence-electron chi connectivity index (χ3n) is 5.32. The molecule has 5 rings (SSSR count). The Labute approximate surface area is 201 Å². The highest BCUT2D eigenvalue weighted by Gasteiger charge is 2.44. The van der Waals surface area contributed by atoms with Crippen LogP contribution in [-0.4, -0.2) is 65.1 Å². The summed E-state index contributed by atoms with van der Waals surface area (Å²) in [4.78, 5) is 16.8. The van der Waals surface area contributed by atoms with E-state index in [4.69, 9.17) is 26.8 Å². The molecule has 33 heavy (non-hydrogen) atoms. The van der Waals surface area contributed by atoms with Gasteiger partial charge in [0.05, 0.1) is 23.2 Å². The van der Waals surface area contributed by atoms with Crippen LogP contribution in [-0.2, 0) is 9.47 Å². The molecule has 4 heterocycles. The standard InChI is InChI=1S/C20H21ClN6O4S2/c1-2-12(33-20-24-9-5-3-4-6-11(9)32-20)30-7-10-14(28)15(29)18(31-10)27-8-23-13-16(22)25-19(21)26-17(13)27/h3-6,8,10,12,14-15,18,28-29H,2,7H2,1H3,(H2,22,25,26)/t10-,12+,14-,15-,18-/m1/s1. The van der Waals surface area contributed by atoms with Gasteiger partial charge in [0.15, 0.2) is 22.0 Å². The summed E-state index contributed by atoms with van der Waals surface area (Å²) in [6, 6.07) is 7.96. The van der Waals surface area contributed by atoms with E-state index in [-0.39, 0.29) is 23.1 Å². The lowest BCUT2D eigenvalue weighted by molar-refractivity contribution is -0.0693. The normalized spacial score (nSPS) is 24.1. The van der Waals surface area contributed by atoms with Gasteiger partial charge in [-0.3, -0.25) is 4.57 Å². The van der Waals surface area contributed by atoms with Gasteiger partial charge in [0.25, 0.3) is 0 Å². The summed E-state index contributed by atoms with van der Waals surface area (Å²) in [6.45, 7) is 2.11. The quantitative estimate of drug-likeness (QED) is 0.194. The minimum absolute atomic E-state index is 0.0488. The summed E-state index contributed by atoms with van der Waals surface area (Å²) in [6.07, 6.45) is -1.90. The number of imidazole rings is 1. The first kappa shape index (κ1) is 22.7. The Hall–Kier alpha value is -2.06. The summed E-state index contributed by atoms with van der Waals surface area (Å²) >= 11 is 9.06. The number of thiazole rings is 1. The molecule has 1 fully saturated rings. The Bertz CT molecular complexity index is 1250. The van der Waals surface area contributed by atoms with E-state index < -0.39 is 24.5 Å². The molecule has 0 spiro atoms. The second-order valence-electron chi connectivity index (χ2n) is 7.48. The third kappa shape index (κ3) is 4.39. The average Bonchev–Trinajstić information content (AvgIpc) is 3.47. The topological polar surface area (TPSA) is 141 Å². The predicted molar refractivity (Wildman–Crippen MR) is 126 cm³/mol. The SMILES string of the molecule is CC[C@@H](OC[C@H]1O[C@@H](n2cnc3c(N)nc(Cl)nc32)[C@H](O)[C@@H]1O)Sc1nc2ccccc2s1. The van der Waals surface area contributed by atoms with Crippen molar-refractivity contribution in [1.82, 2.24) is 24.5 Å². The number of hydrogen-bond donors (Lipinski definition) is 3. The number of fused-ring (bicyclic) bond motifs is 2. The van der Waals surface area contributed by atoms with E-state index in [9.17, 15) is 10.2 Å². The van der Waals surface area contributed by atoms with Crippen molar-refractivity contribution in [3.8, 4) is 0 Å². The summed E-state index contributed by atoms with van der Waals surface area (Å²) in [7, 11) is 0. The largest absolute Gasteiger partial charge is 0.387 e. The fourth-order valence-corrected chi connectivity index (χ4v) is 5.99. The first-order valence-electron chi connectivity index (χ1n) is 10.3.